The number of anilines is 2. The molecule has 0 saturated carbocycles. The maximum Gasteiger partial charge on any atom is 0.248 e. The van der Waals surface area contributed by atoms with Gasteiger partial charge in [0, 0.05) is 44.0 Å². The molecule has 0 radical (unpaired) electrons. The molecule has 2 aliphatic rings. The normalized spacial score (nSPS) is 26.4. The summed E-state index contributed by atoms with van der Waals surface area (Å²) in [5, 5.41) is 0. The molecule has 2 unspecified atom stereocenters. The zero-order valence-electron chi connectivity index (χ0n) is 13.0. The Kier molecular flexibility index (Phi) is 3.63. The zero-order valence-corrected chi connectivity index (χ0v) is 13.0. The third-order valence-electron chi connectivity index (χ3n) is 4.84. The first kappa shape index (κ1) is 14.4. The van der Waals surface area contributed by atoms with Gasteiger partial charge < -0.3 is 15.5 Å². The monoisotopic (exact) mass is 288 g/mol. The van der Waals surface area contributed by atoms with Crippen LogP contribution in [0.25, 0.3) is 0 Å². The Balaban J connectivity index is 1.84. The van der Waals surface area contributed by atoms with Crippen LogP contribution in [0, 0.1) is 0 Å². The number of amides is 1. The Labute approximate surface area is 126 Å². The van der Waals surface area contributed by atoms with Crippen LogP contribution in [0.4, 0.5) is 11.4 Å². The molecule has 0 bridgehead atoms. The van der Waals surface area contributed by atoms with Gasteiger partial charge in [-0.1, -0.05) is 13.0 Å². The van der Waals surface area contributed by atoms with Gasteiger partial charge in [0.15, 0.2) is 0 Å². The van der Waals surface area contributed by atoms with E-state index in [0.29, 0.717) is 6.04 Å². The average Bonchev–Trinajstić information content (AvgIpc) is 2.71. The molecule has 1 amide bonds. The van der Waals surface area contributed by atoms with E-state index in [0.717, 1.165) is 37.4 Å². The number of fused-ring (bicyclic) bond motifs is 1. The highest BCUT2D eigenvalue weighted by Gasteiger charge is 2.33. The Morgan fingerprint density at radius 3 is 2.76 bits per heavy atom. The van der Waals surface area contributed by atoms with Crippen LogP contribution in [-0.2, 0) is 4.79 Å². The van der Waals surface area contributed by atoms with Gasteiger partial charge >= 0.3 is 0 Å². The molecule has 0 aliphatic carbocycles. The van der Waals surface area contributed by atoms with E-state index in [2.05, 4.69) is 35.8 Å². The predicted octanol–water partition coefficient (Wildman–Crippen LogP) is 1.19. The molecule has 1 aromatic rings. The third-order valence-corrected chi connectivity index (χ3v) is 4.84. The van der Waals surface area contributed by atoms with Crippen molar-refractivity contribution in [3.8, 4) is 0 Å². The first-order valence-electron chi connectivity index (χ1n) is 7.69. The summed E-state index contributed by atoms with van der Waals surface area (Å²) in [4.78, 5) is 18.5. The highest BCUT2D eigenvalue weighted by atomic mass is 16.2. The fraction of sp³-hybridized carbons (Fsp3) is 0.562. The van der Waals surface area contributed by atoms with E-state index in [1.54, 1.807) is 11.9 Å². The summed E-state index contributed by atoms with van der Waals surface area (Å²) in [7, 11) is 1.80. The van der Waals surface area contributed by atoms with E-state index in [1.807, 2.05) is 6.07 Å². The Bertz CT molecular complexity index is 559. The number of rotatable bonds is 2. The quantitative estimate of drug-likeness (QED) is 0.888. The number of hydrogen-bond acceptors (Lipinski definition) is 4. The minimum absolute atomic E-state index is 0.0219. The van der Waals surface area contributed by atoms with Crippen molar-refractivity contribution < 1.29 is 4.79 Å². The van der Waals surface area contributed by atoms with Crippen molar-refractivity contribution in [1.82, 2.24) is 4.90 Å². The molecular formula is C16H24N4O. The lowest BCUT2D eigenvalue weighted by Crippen LogP contribution is -2.51. The Morgan fingerprint density at radius 2 is 2.10 bits per heavy atom. The summed E-state index contributed by atoms with van der Waals surface area (Å²) in [6.07, 6.45) is 0. The Morgan fingerprint density at radius 1 is 1.33 bits per heavy atom. The summed E-state index contributed by atoms with van der Waals surface area (Å²) >= 11 is 0. The average molecular weight is 288 g/mol. The van der Waals surface area contributed by atoms with Crippen LogP contribution >= 0.6 is 0 Å². The SMILES string of the molecule is CCN1CCN(c2ccc3c(c2)N(C)C(=O)C3N)CC1C. The van der Waals surface area contributed by atoms with E-state index in [-0.39, 0.29) is 5.91 Å². The van der Waals surface area contributed by atoms with Gasteiger partial charge in [-0.25, -0.2) is 0 Å². The van der Waals surface area contributed by atoms with Gasteiger partial charge in [-0.05, 0) is 25.6 Å². The van der Waals surface area contributed by atoms with Gasteiger partial charge in [0.05, 0.1) is 5.69 Å². The molecule has 1 fully saturated rings. The molecule has 2 atom stereocenters. The molecule has 5 heteroatoms. The number of nitrogens with two attached hydrogens (primary N) is 1. The first-order chi connectivity index (χ1) is 10.0. The summed E-state index contributed by atoms with van der Waals surface area (Å²) in [5.74, 6) is -0.0219. The summed E-state index contributed by atoms with van der Waals surface area (Å²) in [6.45, 7) is 8.73. The van der Waals surface area contributed by atoms with Crippen molar-refractivity contribution >= 4 is 17.3 Å². The predicted molar refractivity (Wildman–Crippen MR) is 85.7 cm³/mol. The summed E-state index contributed by atoms with van der Waals surface area (Å²) in [5.41, 5.74) is 9.03. The van der Waals surface area contributed by atoms with Crippen LogP contribution in [0.15, 0.2) is 18.2 Å². The number of piperazine rings is 1. The standard InChI is InChI=1S/C16H24N4O/c1-4-19-7-8-20(10-11(19)2)12-5-6-13-14(9-12)18(3)16(21)15(13)17/h5-6,9,11,15H,4,7-8,10,17H2,1-3H3. The molecule has 2 N–H and O–H groups in total. The number of benzene rings is 1. The van der Waals surface area contributed by atoms with E-state index in [9.17, 15) is 4.79 Å². The van der Waals surface area contributed by atoms with E-state index < -0.39 is 6.04 Å². The van der Waals surface area contributed by atoms with Crippen molar-refractivity contribution in [1.29, 1.82) is 0 Å². The number of nitrogens with zero attached hydrogens (tertiary/aromatic N) is 3. The van der Waals surface area contributed by atoms with Gasteiger partial charge in [-0.2, -0.15) is 0 Å². The minimum Gasteiger partial charge on any atom is -0.369 e. The molecule has 0 aromatic heterocycles. The van der Waals surface area contributed by atoms with Crippen LogP contribution < -0.4 is 15.5 Å². The molecule has 1 saturated heterocycles. The van der Waals surface area contributed by atoms with Crippen LogP contribution in [-0.4, -0.2) is 50.1 Å². The van der Waals surface area contributed by atoms with Crippen molar-refractivity contribution in [2.75, 3.05) is 43.0 Å². The maximum absolute atomic E-state index is 12.0. The molecule has 3 rings (SSSR count). The van der Waals surface area contributed by atoms with Crippen LogP contribution in [0.5, 0.6) is 0 Å². The van der Waals surface area contributed by atoms with Gasteiger partial charge in [-0.15, -0.1) is 0 Å². The topological polar surface area (TPSA) is 52.8 Å². The molecule has 5 nitrogen and oxygen atoms in total. The number of likely N-dealkylation sites (N-methyl/N-ethyl adjacent to an activating group) is 2. The van der Waals surface area contributed by atoms with Crippen molar-refractivity contribution in [3.63, 3.8) is 0 Å². The number of carbonyl (C=O) groups is 1. The van der Waals surface area contributed by atoms with Gasteiger partial charge in [0.2, 0.25) is 5.91 Å². The molecule has 2 heterocycles. The second-order valence-corrected chi connectivity index (χ2v) is 6.04. The number of carbonyl (C=O) groups excluding carboxylic acids is 1. The molecule has 114 valence electrons. The van der Waals surface area contributed by atoms with E-state index >= 15 is 0 Å². The lowest BCUT2D eigenvalue weighted by Gasteiger charge is -2.40. The minimum atomic E-state index is -0.505. The second-order valence-electron chi connectivity index (χ2n) is 6.04. The lowest BCUT2D eigenvalue weighted by molar-refractivity contribution is -0.118. The second kappa shape index (κ2) is 5.31. The maximum atomic E-state index is 12.0. The molecule has 21 heavy (non-hydrogen) atoms. The van der Waals surface area contributed by atoms with Crippen molar-refractivity contribution in [3.05, 3.63) is 23.8 Å². The number of hydrogen-bond donors (Lipinski definition) is 1. The molecule has 0 spiro atoms. The third kappa shape index (κ3) is 2.30. The largest absolute Gasteiger partial charge is 0.369 e. The van der Waals surface area contributed by atoms with E-state index in [4.69, 9.17) is 5.73 Å². The fourth-order valence-electron chi connectivity index (χ4n) is 3.44. The highest BCUT2D eigenvalue weighted by molar-refractivity contribution is 6.04. The van der Waals surface area contributed by atoms with Gasteiger partial charge in [0.1, 0.15) is 6.04 Å². The highest BCUT2D eigenvalue weighted by Crippen LogP contribution is 2.36. The van der Waals surface area contributed by atoms with E-state index in [1.165, 1.54) is 5.69 Å². The fourth-order valence-corrected chi connectivity index (χ4v) is 3.44. The summed E-state index contributed by atoms with van der Waals surface area (Å²) in [6, 6.07) is 6.26. The smallest absolute Gasteiger partial charge is 0.248 e. The van der Waals surface area contributed by atoms with Crippen molar-refractivity contribution in [2.24, 2.45) is 5.73 Å². The zero-order chi connectivity index (χ0) is 15.1. The van der Waals surface area contributed by atoms with Gasteiger partial charge in [0.25, 0.3) is 0 Å². The first-order valence-corrected chi connectivity index (χ1v) is 7.69. The Hall–Kier alpha value is -1.59. The van der Waals surface area contributed by atoms with Crippen molar-refractivity contribution in [2.45, 2.75) is 25.9 Å². The molecule has 2 aliphatic heterocycles. The van der Waals surface area contributed by atoms with Crippen LogP contribution in [0.2, 0.25) is 0 Å². The lowest BCUT2D eigenvalue weighted by atomic mass is 10.1. The molecular weight excluding hydrogens is 264 g/mol. The summed E-state index contributed by atoms with van der Waals surface area (Å²) < 4.78 is 0. The van der Waals surface area contributed by atoms with Crippen LogP contribution in [0.3, 0.4) is 0 Å². The van der Waals surface area contributed by atoms with Crippen LogP contribution in [0.1, 0.15) is 25.5 Å². The molecule has 1 aromatic carbocycles. The van der Waals surface area contributed by atoms with Gasteiger partial charge in [-0.3, -0.25) is 9.69 Å².